The Balaban J connectivity index is 2.05. The number of piperidine rings is 1. The van der Waals surface area contributed by atoms with Crippen molar-refractivity contribution < 1.29 is 13.5 Å². The highest BCUT2D eigenvalue weighted by atomic mass is 32.2. The third-order valence-corrected chi connectivity index (χ3v) is 5.67. The highest BCUT2D eigenvalue weighted by molar-refractivity contribution is 7.91. The largest absolute Gasteiger partial charge is 0.392 e. The second kappa shape index (κ2) is 6.24. The zero-order valence-electron chi connectivity index (χ0n) is 12.2. The number of aliphatic hydroxyl groups excluding tert-OH is 1. The molecule has 1 atom stereocenters. The molecule has 0 saturated carbocycles. The summed E-state index contributed by atoms with van der Waals surface area (Å²) in [6.07, 6.45) is 1.44. The van der Waals surface area contributed by atoms with Crippen LogP contribution < -0.4 is 0 Å². The average molecular weight is 297 g/mol. The molecule has 0 radical (unpaired) electrons. The summed E-state index contributed by atoms with van der Waals surface area (Å²) < 4.78 is 24.9. The van der Waals surface area contributed by atoms with Crippen LogP contribution in [0.4, 0.5) is 0 Å². The summed E-state index contributed by atoms with van der Waals surface area (Å²) in [5.74, 6) is 0.115. The topological polar surface area (TPSA) is 57.6 Å². The van der Waals surface area contributed by atoms with Crippen molar-refractivity contribution in [2.75, 3.05) is 25.4 Å². The minimum absolute atomic E-state index is 0.115. The molecule has 4 nitrogen and oxygen atoms in total. The first-order chi connectivity index (χ1) is 9.38. The number of sulfone groups is 1. The Bertz CT molecular complexity index is 568. The Kier molecular flexibility index (Phi) is 4.83. The molecule has 0 aliphatic carbocycles. The van der Waals surface area contributed by atoms with Crippen molar-refractivity contribution in [1.82, 2.24) is 4.90 Å². The molecule has 0 unspecified atom stereocenters. The molecule has 1 aromatic rings. The second-order valence-corrected chi connectivity index (χ2v) is 7.76. The van der Waals surface area contributed by atoms with Gasteiger partial charge in [0.2, 0.25) is 0 Å². The number of rotatable bonds is 4. The van der Waals surface area contributed by atoms with E-state index in [9.17, 15) is 13.5 Å². The molecule has 5 heteroatoms. The fourth-order valence-electron chi connectivity index (χ4n) is 2.64. The van der Waals surface area contributed by atoms with Crippen LogP contribution in [0.5, 0.6) is 0 Å². The number of aliphatic hydroxyl groups is 1. The van der Waals surface area contributed by atoms with Gasteiger partial charge in [-0.3, -0.25) is 4.90 Å². The second-order valence-electron chi connectivity index (χ2n) is 5.68. The van der Waals surface area contributed by atoms with Crippen LogP contribution in [-0.2, 0) is 9.84 Å². The lowest BCUT2D eigenvalue weighted by Gasteiger charge is -2.29. The summed E-state index contributed by atoms with van der Waals surface area (Å²) in [4.78, 5) is 2.48. The van der Waals surface area contributed by atoms with Crippen molar-refractivity contribution in [2.24, 2.45) is 0 Å². The molecule has 2 rings (SSSR count). The molecule has 1 N–H and O–H groups in total. The van der Waals surface area contributed by atoms with Crippen LogP contribution >= 0.6 is 0 Å². The number of β-amino-alcohol motifs (C(OH)–C–C–N with tert-alkyl or cyclic N) is 1. The molecule has 1 fully saturated rings. The zero-order chi connectivity index (χ0) is 14.8. The van der Waals surface area contributed by atoms with E-state index in [1.54, 1.807) is 6.07 Å². The van der Waals surface area contributed by atoms with Crippen LogP contribution in [-0.4, -0.2) is 49.9 Å². The van der Waals surface area contributed by atoms with Crippen molar-refractivity contribution in [1.29, 1.82) is 0 Å². The Morgan fingerprint density at radius 1 is 1.35 bits per heavy atom. The lowest BCUT2D eigenvalue weighted by Crippen LogP contribution is -2.40. The third-order valence-electron chi connectivity index (χ3n) is 3.84. The van der Waals surface area contributed by atoms with Gasteiger partial charge in [-0.1, -0.05) is 12.1 Å². The molecule has 0 aromatic heterocycles. The summed E-state index contributed by atoms with van der Waals surface area (Å²) in [5.41, 5.74) is 1.76. The number of hydrogen-bond donors (Lipinski definition) is 1. The van der Waals surface area contributed by atoms with Crippen molar-refractivity contribution in [3.05, 3.63) is 29.3 Å². The molecule has 0 amide bonds. The summed E-state index contributed by atoms with van der Waals surface area (Å²) in [5, 5.41) is 9.62. The van der Waals surface area contributed by atoms with Crippen molar-refractivity contribution in [3.63, 3.8) is 0 Å². The molecule has 1 heterocycles. The maximum Gasteiger partial charge on any atom is 0.179 e. The van der Waals surface area contributed by atoms with Crippen LogP contribution in [0.15, 0.2) is 23.1 Å². The van der Waals surface area contributed by atoms with E-state index in [-0.39, 0.29) is 11.9 Å². The number of likely N-dealkylation sites (tertiary alicyclic amines) is 1. The first-order valence-electron chi connectivity index (χ1n) is 7.09. The molecule has 20 heavy (non-hydrogen) atoms. The summed E-state index contributed by atoms with van der Waals surface area (Å²) in [6.45, 7) is 5.69. The van der Waals surface area contributed by atoms with Gasteiger partial charge in [-0.2, -0.15) is 0 Å². The zero-order valence-corrected chi connectivity index (χ0v) is 13.0. The number of benzene rings is 1. The van der Waals surface area contributed by atoms with E-state index in [0.717, 1.165) is 30.5 Å². The highest BCUT2D eigenvalue weighted by Gasteiger charge is 2.22. The number of hydrogen-bond acceptors (Lipinski definition) is 4. The first-order valence-corrected chi connectivity index (χ1v) is 8.74. The van der Waals surface area contributed by atoms with Crippen molar-refractivity contribution >= 4 is 9.84 Å². The monoisotopic (exact) mass is 297 g/mol. The highest BCUT2D eigenvalue weighted by Crippen LogP contribution is 2.19. The summed E-state index contributed by atoms with van der Waals surface area (Å²) in [6, 6.07) is 5.53. The molecule has 1 aliphatic rings. The normalized spacial score (nSPS) is 21.1. The summed E-state index contributed by atoms with van der Waals surface area (Å²) >= 11 is 0. The molecule has 1 aliphatic heterocycles. The van der Waals surface area contributed by atoms with Crippen LogP contribution in [0, 0.1) is 13.8 Å². The lowest BCUT2D eigenvalue weighted by atomic mass is 10.1. The van der Waals surface area contributed by atoms with Crippen LogP contribution in [0.3, 0.4) is 0 Å². The van der Waals surface area contributed by atoms with E-state index >= 15 is 0 Å². The SMILES string of the molecule is Cc1ccc(C)c(S(=O)(=O)CCN2CCC[C@H](O)C2)c1. The Labute approximate surface area is 121 Å². The quantitative estimate of drug-likeness (QED) is 0.916. The summed E-state index contributed by atoms with van der Waals surface area (Å²) in [7, 11) is -3.25. The predicted octanol–water partition coefficient (Wildman–Crippen LogP) is 1.53. The van der Waals surface area contributed by atoms with E-state index in [0.29, 0.717) is 18.0 Å². The van der Waals surface area contributed by atoms with Gasteiger partial charge in [0, 0.05) is 13.1 Å². The number of aryl methyl sites for hydroxylation is 2. The minimum atomic E-state index is -3.25. The third kappa shape index (κ3) is 3.81. The van der Waals surface area contributed by atoms with Gasteiger partial charge in [0.1, 0.15) is 0 Å². The smallest absolute Gasteiger partial charge is 0.179 e. The maximum absolute atomic E-state index is 12.4. The van der Waals surface area contributed by atoms with E-state index < -0.39 is 9.84 Å². The maximum atomic E-state index is 12.4. The fraction of sp³-hybridized carbons (Fsp3) is 0.600. The van der Waals surface area contributed by atoms with Gasteiger partial charge in [-0.15, -0.1) is 0 Å². The van der Waals surface area contributed by atoms with E-state index in [4.69, 9.17) is 0 Å². The average Bonchev–Trinajstić information content (AvgIpc) is 2.39. The van der Waals surface area contributed by atoms with E-state index in [1.165, 1.54) is 0 Å². The molecular formula is C15H23NO3S. The Morgan fingerprint density at radius 3 is 2.80 bits per heavy atom. The van der Waals surface area contributed by atoms with Gasteiger partial charge in [0.05, 0.1) is 16.8 Å². The van der Waals surface area contributed by atoms with Gasteiger partial charge in [-0.25, -0.2) is 8.42 Å². The molecule has 112 valence electrons. The molecule has 1 saturated heterocycles. The van der Waals surface area contributed by atoms with Gasteiger partial charge in [0.15, 0.2) is 9.84 Å². The van der Waals surface area contributed by atoms with Gasteiger partial charge < -0.3 is 5.11 Å². The lowest BCUT2D eigenvalue weighted by molar-refractivity contribution is 0.0741. The van der Waals surface area contributed by atoms with Crippen molar-refractivity contribution in [2.45, 2.75) is 37.7 Å². The van der Waals surface area contributed by atoms with E-state index in [1.807, 2.05) is 30.9 Å². The molecular weight excluding hydrogens is 274 g/mol. The molecule has 1 aromatic carbocycles. The Hall–Kier alpha value is -0.910. The van der Waals surface area contributed by atoms with Gasteiger partial charge >= 0.3 is 0 Å². The van der Waals surface area contributed by atoms with E-state index in [2.05, 4.69) is 0 Å². The predicted molar refractivity (Wildman–Crippen MR) is 79.6 cm³/mol. The van der Waals surface area contributed by atoms with Gasteiger partial charge in [-0.05, 0) is 50.4 Å². The Morgan fingerprint density at radius 2 is 2.10 bits per heavy atom. The van der Waals surface area contributed by atoms with Crippen LogP contribution in [0.2, 0.25) is 0 Å². The van der Waals surface area contributed by atoms with Crippen LogP contribution in [0.1, 0.15) is 24.0 Å². The minimum Gasteiger partial charge on any atom is -0.392 e. The van der Waals surface area contributed by atoms with Crippen LogP contribution in [0.25, 0.3) is 0 Å². The van der Waals surface area contributed by atoms with Gasteiger partial charge in [0.25, 0.3) is 0 Å². The number of nitrogens with zero attached hydrogens (tertiary/aromatic N) is 1. The first kappa shape index (κ1) is 15.5. The molecule has 0 bridgehead atoms. The molecule has 0 spiro atoms. The fourth-order valence-corrected chi connectivity index (χ4v) is 4.28. The van der Waals surface area contributed by atoms with Crippen molar-refractivity contribution in [3.8, 4) is 0 Å². The standard InChI is InChI=1S/C15H23NO3S/c1-12-5-6-13(2)15(10-12)20(18,19)9-8-16-7-3-4-14(17)11-16/h5-6,10,14,17H,3-4,7-9,11H2,1-2H3/t14-/m0/s1.